The standard InChI is InChI=1S/C9H8BrNO/c10-8-4-5-11-9(7-8)3-1-2-6-12/h4-5,7,12H,2,6H2. The molecule has 0 fully saturated rings. The van der Waals surface area contributed by atoms with Gasteiger partial charge in [0.25, 0.3) is 0 Å². The smallest absolute Gasteiger partial charge is 0.114 e. The van der Waals surface area contributed by atoms with E-state index in [-0.39, 0.29) is 6.61 Å². The highest BCUT2D eigenvalue weighted by Crippen LogP contribution is 2.07. The van der Waals surface area contributed by atoms with Crippen molar-refractivity contribution in [1.29, 1.82) is 0 Å². The van der Waals surface area contributed by atoms with Gasteiger partial charge in [-0.3, -0.25) is 0 Å². The third-order valence-electron chi connectivity index (χ3n) is 1.18. The lowest BCUT2D eigenvalue weighted by Gasteiger charge is -1.89. The maximum atomic E-state index is 8.47. The SMILES string of the molecule is OCCC#Cc1cc(Br)ccn1. The van der Waals surface area contributed by atoms with Gasteiger partial charge in [-0.2, -0.15) is 0 Å². The highest BCUT2D eigenvalue weighted by molar-refractivity contribution is 9.10. The van der Waals surface area contributed by atoms with Gasteiger partial charge in [-0.15, -0.1) is 0 Å². The number of rotatable bonds is 1. The Kier molecular flexibility index (Phi) is 3.78. The second kappa shape index (κ2) is 4.91. The van der Waals surface area contributed by atoms with Crippen molar-refractivity contribution in [3.8, 4) is 11.8 Å². The fourth-order valence-corrected chi connectivity index (χ4v) is 1.02. The van der Waals surface area contributed by atoms with Gasteiger partial charge in [-0.1, -0.05) is 21.9 Å². The molecule has 0 aromatic carbocycles. The Balaban J connectivity index is 2.71. The lowest BCUT2D eigenvalue weighted by atomic mass is 10.3. The lowest BCUT2D eigenvalue weighted by molar-refractivity contribution is 0.305. The molecule has 0 aliphatic carbocycles. The monoisotopic (exact) mass is 225 g/mol. The zero-order valence-corrected chi connectivity index (χ0v) is 8.00. The number of pyridine rings is 1. The Morgan fingerprint density at radius 1 is 1.58 bits per heavy atom. The van der Waals surface area contributed by atoms with Gasteiger partial charge in [-0.25, -0.2) is 4.98 Å². The maximum absolute atomic E-state index is 8.47. The number of halogens is 1. The Bertz CT molecular complexity index is 314. The minimum Gasteiger partial charge on any atom is -0.395 e. The van der Waals surface area contributed by atoms with Crippen molar-refractivity contribution in [2.24, 2.45) is 0 Å². The summed E-state index contributed by atoms with van der Waals surface area (Å²) in [4.78, 5) is 4.03. The largest absolute Gasteiger partial charge is 0.395 e. The van der Waals surface area contributed by atoms with Crippen LogP contribution in [0, 0.1) is 11.8 Å². The molecule has 2 nitrogen and oxygen atoms in total. The molecular weight excluding hydrogens is 218 g/mol. The van der Waals surface area contributed by atoms with E-state index in [0.717, 1.165) is 10.2 Å². The number of aliphatic hydroxyl groups excluding tert-OH is 1. The van der Waals surface area contributed by atoms with E-state index >= 15 is 0 Å². The molecule has 0 saturated carbocycles. The highest BCUT2D eigenvalue weighted by Gasteiger charge is 1.88. The van der Waals surface area contributed by atoms with Gasteiger partial charge in [-0.05, 0) is 18.1 Å². The van der Waals surface area contributed by atoms with Crippen LogP contribution in [0.25, 0.3) is 0 Å². The molecule has 0 spiro atoms. The summed E-state index contributed by atoms with van der Waals surface area (Å²) < 4.78 is 0.964. The fraction of sp³-hybridized carbons (Fsp3) is 0.222. The highest BCUT2D eigenvalue weighted by atomic mass is 79.9. The Morgan fingerprint density at radius 3 is 3.08 bits per heavy atom. The average Bonchev–Trinajstić information content (AvgIpc) is 2.05. The zero-order valence-electron chi connectivity index (χ0n) is 6.42. The van der Waals surface area contributed by atoms with Crippen LogP contribution in [0.2, 0.25) is 0 Å². The van der Waals surface area contributed by atoms with E-state index in [2.05, 4.69) is 32.8 Å². The maximum Gasteiger partial charge on any atom is 0.114 e. The molecule has 0 aliphatic rings. The van der Waals surface area contributed by atoms with Gasteiger partial charge in [0.2, 0.25) is 0 Å². The minimum atomic E-state index is 0.0982. The van der Waals surface area contributed by atoms with Crippen LogP contribution >= 0.6 is 15.9 Å². The molecule has 0 aliphatic heterocycles. The van der Waals surface area contributed by atoms with E-state index in [0.29, 0.717) is 6.42 Å². The predicted molar refractivity (Wildman–Crippen MR) is 50.5 cm³/mol. The molecule has 62 valence electrons. The Labute approximate surface area is 79.8 Å². The van der Waals surface area contributed by atoms with Crippen LogP contribution in [0.4, 0.5) is 0 Å². The molecular formula is C9H8BrNO. The van der Waals surface area contributed by atoms with E-state index in [1.165, 1.54) is 0 Å². The summed E-state index contributed by atoms with van der Waals surface area (Å²) in [6, 6.07) is 3.68. The zero-order chi connectivity index (χ0) is 8.81. The molecule has 1 rings (SSSR count). The van der Waals surface area contributed by atoms with Crippen LogP contribution in [-0.4, -0.2) is 16.7 Å². The number of hydrogen-bond acceptors (Lipinski definition) is 2. The van der Waals surface area contributed by atoms with Crippen molar-refractivity contribution >= 4 is 15.9 Å². The van der Waals surface area contributed by atoms with Gasteiger partial charge in [0.1, 0.15) is 5.69 Å². The van der Waals surface area contributed by atoms with Crippen molar-refractivity contribution < 1.29 is 5.11 Å². The first kappa shape index (κ1) is 9.24. The van der Waals surface area contributed by atoms with Crippen LogP contribution in [0.1, 0.15) is 12.1 Å². The number of hydrogen-bond donors (Lipinski definition) is 1. The number of aromatic nitrogens is 1. The second-order valence-electron chi connectivity index (χ2n) is 2.13. The van der Waals surface area contributed by atoms with Gasteiger partial charge in [0, 0.05) is 17.1 Å². The summed E-state index contributed by atoms with van der Waals surface area (Å²) in [6.07, 6.45) is 2.18. The van der Waals surface area contributed by atoms with Crippen molar-refractivity contribution in [3.63, 3.8) is 0 Å². The van der Waals surface area contributed by atoms with Crippen LogP contribution in [0.15, 0.2) is 22.8 Å². The molecule has 0 radical (unpaired) electrons. The van der Waals surface area contributed by atoms with Gasteiger partial charge in [0.15, 0.2) is 0 Å². The third kappa shape index (κ3) is 3.04. The van der Waals surface area contributed by atoms with E-state index in [4.69, 9.17) is 5.11 Å². The first-order valence-electron chi connectivity index (χ1n) is 3.54. The summed E-state index contributed by atoms with van der Waals surface area (Å²) in [6.45, 7) is 0.0982. The van der Waals surface area contributed by atoms with E-state index in [9.17, 15) is 0 Å². The first-order valence-corrected chi connectivity index (χ1v) is 4.33. The quantitative estimate of drug-likeness (QED) is 0.737. The minimum absolute atomic E-state index is 0.0982. The summed E-state index contributed by atoms with van der Waals surface area (Å²) in [5.74, 6) is 5.63. The summed E-state index contributed by atoms with van der Waals surface area (Å²) in [5, 5.41) is 8.47. The van der Waals surface area contributed by atoms with Crippen molar-refractivity contribution in [2.45, 2.75) is 6.42 Å². The van der Waals surface area contributed by atoms with Crippen LogP contribution in [-0.2, 0) is 0 Å². The summed E-state index contributed by atoms with van der Waals surface area (Å²) >= 11 is 3.31. The van der Waals surface area contributed by atoms with Crippen LogP contribution in [0.3, 0.4) is 0 Å². The predicted octanol–water partition coefficient (Wildman–Crippen LogP) is 1.58. The normalized spacial score (nSPS) is 8.83. The molecule has 1 aromatic rings. The van der Waals surface area contributed by atoms with Gasteiger partial charge >= 0.3 is 0 Å². The topological polar surface area (TPSA) is 33.1 Å². The summed E-state index contributed by atoms with van der Waals surface area (Å²) in [7, 11) is 0. The molecule has 0 unspecified atom stereocenters. The lowest BCUT2D eigenvalue weighted by Crippen LogP contribution is -1.81. The van der Waals surface area contributed by atoms with E-state index in [1.54, 1.807) is 6.20 Å². The molecule has 3 heteroatoms. The number of aliphatic hydroxyl groups is 1. The number of nitrogens with zero attached hydrogens (tertiary/aromatic N) is 1. The van der Waals surface area contributed by atoms with Crippen molar-refractivity contribution in [2.75, 3.05) is 6.61 Å². The van der Waals surface area contributed by atoms with Crippen molar-refractivity contribution in [3.05, 3.63) is 28.5 Å². The third-order valence-corrected chi connectivity index (χ3v) is 1.67. The molecule has 12 heavy (non-hydrogen) atoms. The van der Waals surface area contributed by atoms with E-state index < -0.39 is 0 Å². The van der Waals surface area contributed by atoms with Crippen molar-refractivity contribution in [1.82, 2.24) is 4.98 Å². The molecule has 1 heterocycles. The molecule has 1 N–H and O–H groups in total. The van der Waals surface area contributed by atoms with Crippen LogP contribution < -0.4 is 0 Å². The second-order valence-corrected chi connectivity index (χ2v) is 3.05. The molecule has 0 saturated heterocycles. The molecule has 0 atom stereocenters. The van der Waals surface area contributed by atoms with Gasteiger partial charge in [0.05, 0.1) is 6.61 Å². The first-order chi connectivity index (χ1) is 5.83. The fourth-order valence-electron chi connectivity index (χ4n) is 0.682. The summed E-state index contributed by atoms with van der Waals surface area (Å²) in [5.41, 5.74) is 0.720. The Hall–Kier alpha value is -0.850. The Morgan fingerprint density at radius 2 is 2.42 bits per heavy atom. The molecule has 0 amide bonds. The van der Waals surface area contributed by atoms with E-state index in [1.807, 2.05) is 12.1 Å². The molecule has 1 aromatic heterocycles. The van der Waals surface area contributed by atoms with Crippen LogP contribution in [0.5, 0.6) is 0 Å². The average molecular weight is 226 g/mol. The van der Waals surface area contributed by atoms with Gasteiger partial charge < -0.3 is 5.11 Å². The molecule has 0 bridgehead atoms.